The molecule has 116 valence electrons. The van der Waals surface area contributed by atoms with Gasteiger partial charge in [0.05, 0.1) is 12.0 Å². The molecule has 0 saturated heterocycles. The molecule has 0 aliphatic carbocycles. The Labute approximate surface area is 130 Å². The molecule has 0 aromatic heterocycles. The third-order valence-electron chi connectivity index (χ3n) is 2.68. The number of benzene rings is 2. The van der Waals surface area contributed by atoms with Crippen LogP contribution in [0.5, 0.6) is 17.2 Å². The lowest BCUT2D eigenvalue weighted by atomic mass is 10.3. The Morgan fingerprint density at radius 3 is 2.18 bits per heavy atom. The highest BCUT2D eigenvalue weighted by Crippen LogP contribution is 2.33. The highest BCUT2D eigenvalue weighted by Gasteiger charge is 2.18. The van der Waals surface area contributed by atoms with Gasteiger partial charge in [-0.3, -0.25) is 10.1 Å². The molecule has 0 amide bonds. The maximum atomic E-state index is 11.5. The summed E-state index contributed by atoms with van der Waals surface area (Å²) in [5.74, 6) is 0.605. The fraction of sp³-hybridized carbons (Fsp3) is 0.0769. The molecule has 0 heterocycles. The van der Waals surface area contributed by atoms with E-state index in [9.17, 15) is 18.5 Å². The number of nitro groups is 1. The van der Waals surface area contributed by atoms with Crippen molar-refractivity contribution in [3.63, 3.8) is 0 Å². The van der Waals surface area contributed by atoms with Crippen LogP contribution in [-0.4, -0.2) is 20.5 Å². The lowest BCUT2D eigenvalue weighted by Crippen LogP contribution is -1.97. The number of hydrogen-bond donors (Lipinski definition) is 0. The highest BCUT2D eigenvalue weighted by atomic mass is 35.7. The van der Waals surface area contributed by atoms with E-state index in [0.29, 0.717) is 5.75 Å². The first kappa shape index (κ1) is 16.1. The SMILES string of the molecule is COc1ccc(Oc2ccc([N+](=O)[O-])cc2)cc1S(=O)(=O)Cl. The van der Waals surface area contributed by atoms with Gasteiger partial charge in [0, 0.05) is 28.9 Å². The second kappa shape index (κ2) is 6.20. The molecule has 7 nitrogen and oxygen atoms in total. The van der Waals surface area contributed by atoms with Gasteiger partial charge in [0.2, 0.25) is 0 Å². The number of nitro benzene ring substituents is 1. The van der Waals surface area contributed by atoms with Gasteiger partial charge in [-0.1, -0.05) is 0 Å². The van der Waals surface area contributed by atoms with Crippen LogP contribution in [-0.2, 0) is 9.05 Å². The number of methoxy groups -OCH3 is 1. The zero-order valence-corrected chi connectivity index (χ0v) is 12.8. The van der Waals surface area contributed by atoms with E-state index in [1.165, 1.54) is 49.6 Å². The molecule has 0 saturated carbocycles. The number of rotatable bonds is 5. The van der Waals surface area contributed by atoms with Crippen LogP contribution in [0.25, 0.3) is 0 Å². The van der Waals surface area contributed by atoms with Crippen molar-refractivity contribution >= 4 is 25.4 Å². The Hall–Kier alpha value is -2.32. The number of non-ortho nitro benzene ring substituents is 1. The van der Waals surface area contributed by atoms with Crippen LogP contribution in [0.4, 0.5) is 5.69 Å². The van der Waals surface area contributed by atoms with E-state index >= 15 is 0 Å². The minimum Gasteiger partial charge on any atom is -0.495 e. The summed E-state index contributed by atoms with van der Waals surface area (Å²) in [5, 5.41) is 10.6. The molecule has 0 N–H and O–H groups in total. The van der Waals surface area contributed by atoms with Crippen LogP contribution in [0.2, 0.25) is 0 Å². The summed E-state index contributed by atoms with van der Waals surface area (Å²) < 4.78 is 33.4. The number of nitrogens with zero attached hydrogens (tertiary/aromatic N) is 1. The van der Waals surface area contributed by atoms with Crippen molar-refractivity contribution in [3.8, 4) is 17.2 Å². The van der Waals surface area contributed by atoms with Gasteiger partial charge in [0.15, 0.2) is 0 Å². The number of halogens is 1. The van der Waals surface area contributed by atoms with Crippen LogP contribution in [0.15, 0.2) is 47.4 Å². The Kier molecular flexibility index (Phi) is 4.53. The van der Waals surface area contributed by atoms with Gasteiger partial charge in [-0.25, -0.2) is 8.42 Å². The second-order valence-electron chi connectivity index (χ2n) is 4.10. The fourth-order valence-corrected chi connectivity index (χ4v) is 2.69. The zero-order valence-electron chi connectivity index (χ0n) is 11.2. The molecule has 0 radical (unpaired) electrons. The van der Waals surface area contributed by atoms with Crippen LogP contribution < -0.4 is 9.47 Å². The molecule has 0 atom stereocenters. The first-order valence-electron chi connectivity index (χ1n) is 5.86. The van der Waals surface area contributed by atoms with Crippen LogP contribution in [0, 0.1) is 10.1 Å². The first-order valence-corrected chi connectivity index (χ1v) is 8.17. The third-order valence-corrected chi connectivity index (χ3v) is 4.02. The normalized spacial score (nSPS) is 11.0. The second-order valence-corrected chi connectivity index (χ2v) is 6.64. The van der Waals surface area contributed by atoms with Gasteiger partial charge in [-0.2, -0.15) is 0 Å². The van der Waals surface area contributed by atoms with E-state index in [2.05, 4.69) is 0 Å². The minimum absolute atomic E-state index is 0.0777. The van der Waals surface area contributed by atoms with Crippen molar-refractivity contribution < 1.29 is 22.8 Å². The molecule has 0 aliphatic rings. The van der Waals surface area contributed by atoms with Crippen molar-refractivity contribution in [1.82, 2.24) is 0 Å². The summed E-state index contributed by atoms with van der Waals surface area (Å²) in [4.78, 5) is 9.81. The van der Waals surface area contributed by atoms with Crippen LogP contribution in [0.3, 0.4) is 0 Å². The summed E-state index contributed by atoms with van der Waals surface area (Å²) in [6.45, 7) is 0. The van der Waals surface area contributed by atoms with Gasteiger partial charge in [0.25, 0.3) is 14.7 Å². The number of hydrogen-bond acceptors (Lipinski definition) is 6. The fourth-order valence-electron chi connectivity index (χ4n) is 1.68. The first-order chi connectivity index (χ1) is 10.3. The van der Waals surface area contributed by atoms with Crippen LogP contribution >= 0.6 is 10.7 Å². The molecule has 0 unspecified atom stereocenters. The largest absolute Gasteiger partial charge is 0.495 e. The minimum atomic E-state index is -4.00. The van der Waals surface area contributed by atoms with Crippen molar-refractivity contribution in [2.75, 3.05) is 7.11 Å². The van der Waals surface area contributed by atoms with Crippen LogP contribution in [0.1, 0.15) is 0 Å². The van der Waals surface area contributed by atoms with E-state index in [1.54, 1.807) is 0 Å². The van der Waals surface area contributed by atoms with Crippen molar-refractivity contribution in [3.05, 3.63) is 52.6 Å². The topological polar surface area (TPSA) is 95.7 Å². The van der Waals surface area contributed by atoms with Crippen molar-refractivity contribution in [1.29, 1.82) is 0 Å². The van der Waals surface area contributed by atoms with Crippen molar-refractivity contribution in [2.45, 2.75) is 4.90 Å². The van der Waals surface area contributed by atoms with Gasteiger partial charge >= 0.3 is 0 Å². The summed E-state index contributed by atoms with van der Waals surface area (Å²) in [6, 6.07) is 9.45. The Bertz CT molecular complexity index is 804. The molecule has 2 rings (SSSR count). The molecule has 22 heavy (non-hydrogen) atoms. The van der Waals surface area contributed by atoms with E-state index < -0.39 is 14.0 Å². The van der Waals surface area contributed by atoms with E-state index in [0.717, 1.165) is 0 Å². The molecule has 0 aliphatic heterocycles. The molecular weight excluding hydrogens is 334 g/mol. The molecular formula is C13H10ClNO6S. The predicted octanol–water partition coefficient (Wildman–Crippen LogP) is 3.32. The van der Waals surface area contributed by atoms with Gasteiger partial charge in [0.1, 0.15) is 22.1 Å². The summed E-state index contributed by atoms with van der Waals surface area (Å²) in [5.41, 5.74) is -0.0777. The van der Waals surface area contributed by atoms with E-state index in [4.69, 9.17) is 20.2 Å². The highest BCUT2D eigenvalue weighted by molar-refractivity contribution is 8.13. The smallest absolute Gasteiger partial charge is 0.269 e. The van der Waals surface area contributed by atoms with E-state index in [1.807, 2.05) is 0 Å². The Morgan fingerprint density at radius 2 is 1.68 bits per heavy atom. The molecule has 0 bridgehead atoms. The maximum Gasteiger partial charge on any atom is 0.269 e. The Morgan fingerprint density at radius 1 is 1.09 bits per heavy atom. The lowest BCUT2D eigenvalue weighted by molar-refractivity contribution is -0.384. The summed E-state index contributed by atoms with van der Waals surface area (Å²) in [7, 11) is 2.65. The third kappa shape index (κ3) is 3.66. The molecule has 0 spiro atoms. The maximum absolute atomic E-state index is 11.5. The molecule has 0 fully saturated rings. The average molecular weight is 344 g/mol. The number of ether oxygens (including phenoxy) is 2. The molecule has 9 heteroatoms. The quantitative estimate of drug-likeness (QED) is 0.469. The molecule has 2 aromatic carbocycles. The van der Waals surface area contributed by atoms with Gasteiger partial charge in [-0.15, -0.1) is 0 Å². The Balaban J connectivity index is 2.32. The zero-order chi connectivity index (χ0) is 16.3. The van der Waals surface area contributed by atoms with Gasteiger partial charge < -0.3 is 9.47 Å². The average Bonchev–Trinajstić information content (AvgIpc) is 2.47. The molecule has 2 aromatic rings. The summed E-state index contributed by atoms with van der Waals surface area (Å²) in [6.07, 6.45) is 0. The standard InChI is InChI=1S/C13H10ClNO6S/c1-20-12-7-6-11(8-13(12)22(14,18)19)21-10-4-2-9(3-5-10)15(16)17/h2-8H,1H3. The van der Waals surface area contributed by atoms with Crippen molar-refractivity contribution in [2.24, 2.45) is 0 Å². The van der Waals surface area contributed by atoms with E-state index in [-0.39, 0.29) is 22.1 Å². The van der Waals surface area contributed by atoms with Gasteiger partial charge in [-0.05, 0) is 24.3 Å². The predicted molar refractivity (Wildman–Crippen MR) is 79.2 cm³/mol. The monoisotopic (exact) mass is 343 g/mol. The summed E-state index contributed by atoms with van der Waals surface area (Å²) >= 11 is 0. The lowest BCUT2D eigenvalue weighted by Gasteiger charge is -2.09.